The largest absolute Gasteiger partial charge is 0.457 e. The Kier molecular flexibility index (Phi) is 4.77. The van der Waals surface area contributed by atoms with E-state index in [4.69, 9.17) is 16.6 Å². The minimum atomic E-state index is 0.0274. The van der Waals surface area contributed by atoms with Gasteiger partial charge < -0.3 is 4.42 Å². The smallest absolute Gasteiger partial charge is 0.266 e. The summed E-state index contributed by atoms with van der Waals surface area (Å²) in [6, 6.07) is 14.0. The highest BCUT2D eigenvalue weighted by molar-refractivity contribution is 8.26. The van der Waals surface area contributed by atoms with E-state index in [1.54, 1.807) is 0 Å². The van der Waals surface area contributed by atoms with Crippen molar-refractivity contribution in [3.05, 3.63) is 53.1 Å². The first kappa shape index (κ1) is 16.6. The lowest BCUT2D eigenvalue weighted by atomic mass is 9.94. The Morgan fingerprint density at radius 1 is 1.08 bits per heavy atom. The van der Waals surface area contributed by atoms with Gasteiger partial charge in [-0.2, -0.15) is 0 Å². The van der Waals surface area contributed by atoms with Crippen molar-refractivity contribution in [2.75, 3.05) is 0 Å². The zero-order valence-electron chi connectivity index (χ0n) is 13.8. The number of hydrogen-bond acceptors (Lipinski definition) is 4. The molecule has 1 aromatic carbocycles. The van der Waals surface area contributed by atoms with Crippen LogP contribution in [-0.4, -0.2) is 21.2 Å². The van der Waals surface area contributed by atoms with E-state index < -0.39 is 0 Å². The second-order valence-corrected chi connectivity index (χ2v) is 8.09. The highest BCUT2D eigenvalue weighted by atomic mass is 32.2. The molecular formula is C20H19NO2S2. The summed E-state index contributed by atoms with van der Waals surface area (Å²) >= 11 is 6.85. The number of furan rings is 1. The molecule has 3 nitrogen and oxygen atoms in total. The van der Waals surface area contributed by atoms with Gasteiger partial charge >= 0.3 is 0 Å². The average Bonchev–Trinajstić information content (AvgIpc) is 3.22. The molecule has 2 fully saturated rings. The molecule has 1 aliphatic heterocycles. The minimum absolute atomic E-state index is 0.0274. The van der Waals surface area contributed by atoms with Crippen LogP contribution in [0.5, 0.6) is 0 Å². The van der Waals surface area contributed by atoms with Gasteiger partial charge in [0.2, 0.25) is 0 Å². The summed E-state index contributed by atoms with van der Waals surface area (Å²) in [6.07, 6.45) is 7.54. The maximum absolute atomic E-state index is 12.8. The molecule has 25 heavy (non-hydrogen) atoms. The topological polar surface area (TPSA) is 33.5 Å². The molecule has 1 amide bonds. The van der Waals surface area contributed by atoms with Crippen LogP contribution in [0.3, 0.4) is 0 Å². The van der Waals surface area contributed by atoms with Crippen molar-refractivity contribution < 1.29 is 9.21 Å². The second kappa shape index (κ2) is 7.18. The van der Waals surface area contributed by atoms with Gasteiger partial charge in [0, 0.05) is 17.7 Å². The molecule has 0 radical (unpaired) electrons. The first-order chi connectivity index (χ1) is 12.2. The first-order valence-corrected chi connectivity index (χ1v) is 9.87. The SMILES string of the molecule is O=C1/C(=C\c2ccc(-c3ccccc3)o2)SC(=S)N1C1CCCCC1. The lowest BCUT2D eigenvalue weighted by molar-refractivity contribution is -0.124. The Morgan fingerprint density at radius 2 is 1.84 bits per heavy atom. The fourth-order valence-electron chi connectivity index (χ4n) is 3.45. The van der Waals surface area contributed by atoms with Crippen LogP contribution in [0.25, 0.3) is 17.4 Å². The number of thiocarbonyl (C=S) groups is 1. The van der Waals surface area contributed by atoms with Crippen LogP contribution in [0, 0.1) is 0 Å². The van der Waals surface area contributed by atoms with E-state index in [0.29, 0.717) is 15.0 Å². The maximum Gasteiger partial charge on any atom is 0.266 e. The van der Waals surface area contributed by atoms with Gasteiger partial charge in [-0.25, -0.2) is 0 Å². The molecule has 0 unspecified atom stereocenters. The summed E-state index contributed by atoms with van der Waals surface area (Å²) in [5, 5.41) is 0. The highest BCUT2D eigenvalue weighted by Gasteiger charge is 2.37. The fourth-order valence-corrected chi connectivity index (χ4v) is 4.83. The molecule has 2 aliphatic rings. The maximum atomic E-state index is 12.8. The van der Waals surface area contributed by atoms with E-state index >= 15 is 0 Å². The van der Waals surface area contributed by atoms with Gasteiger partial charge in [0.25, 0.3) is 5.91 Å². The number of carbonyl (C=O) groups is 1. The summed E-state index contributed by atoms with van der Waals surface area (Å²) in [5.41, 5.74) is 1.02. The summed E-state index contributed by atoms with van der Waals surface area (Å²) in [5.74, 6) is 1.51. The Hall–Kier alpha value is -1.85. The Balaban J connectivity index is 1.55. The lowest BCUT2D eigenvalue weighted by Crippen LogP contribution is -2.39. The van der Waals surface area contributed by atoms with E-state index in [2.05, 4.69) is 0 Å². The third-order valence-electron chi connectivity index (χ3n) is 4.72. The van der Waals surface area contributed by atoms with E-state index in [1.165, 1.54) is 31.0 Å². The van der Waals surface area contributed by atoms with E-state index in [0.717, 1.165) is 24.2 Å². The number of amides is 1. The highest BCUT2D eigenvalue weighted by Crippen LogP contribution is 2.37. The van der Waals surface area contributed by atoms with Gasteiger partial charge in [0.15, 0.2) is 0 Å². The molecule has 4 rings (SSSR count). The van der Waals surface area contributed by atoms with Crippen LogP contribution < -0.4 is 0 Å². The van der Waals surface area contributed by atoms with Crippen molar-refractivity contribution >= 4 is 40.3 Å². The number of thioether (sulfide) groups is 1. The second-order valence-electron chi connectivity index (χ2n) is 6.41. The molecular weight excluding hydrogens is 350 g/mol. The summed E-state index contributed by atoms with van der Waals surface area (Å²) in [4.78, 5) is 15.3. The number of rotatable bonds is 3. The molecule has 0 bridgehead atoms. The van der Waals surface area contributed by atoms with Gasteiger partial charge in [-0.3, -0.25) is 9.69 Å². The van der Waals surface area contributed by atoms with Gasteiger partial charge in [-0.15, -0.1) is 0 Å². The van der Waals surface area contributed by atoms with Crippen LogP contribution in [0.4, 0.5) is 0 Å². The zero-order valence-corrected chi connectivity index (χ0v) is 15.4. The number of hydrogen-bond donors (Lipinski definition) is 0. The van der Waals surface area contributed by atoms with Gasteiger partial charge in [-0.05, 0) is 25.0 Å². The van der Waals surface area contributed by atoms with Crippen molar-refractivity contribution in [3.63, 3.8) is 0 Å². The van der Waals surface area contributed by atoms with Gasteiger partial charge in [0.05, 0.1) is 4.91 Å². The number of carbonyl (C=O) groups excluding carboxylic acids is 1. The Labute approximate surface area is 157 Å². The molecule has 1 aliphatic carbocycles. The Morgan fingerprint density at radius 3 is 2.60 bits per heavy atom. The predicted octanol–water partition coefficient (Wildman–Crippen LogP) is 5.48. The molecule has 1 saturated heterocycles. The van der Waals surface area contributed by atoms with Crippen molar-refractivity contribution in [3.8, 4) is 11.3 Å². The predicted molar refractivity (Wildman–Crippen MR) is 106 cm³/mol. The fraction of sp³-hybridized carbons (Fsp3) is 0.300. The van der Waals surface area contributed by atoms with Crippen LogP contribution in [0.2, 0.25) is 0 Å². The molecule has 1 aromatic heterocycles. The van der Waals surface area contributed by atoms with Crippen LogP contribution >= 0.6 is 24.0 Å². The monoisotopic (exact) mass is 369 g/mol. The normalized spacial score (nSPS) is 20.6. The summed E-state index contributed by atoms with van der Waals surface area (Å²) < 4.78 is 6.57. The summed E-state index contributed by atoms with van der Waals surface area (Å²) in [7, 11) is 0. The van der Waals surface area contributed by atoms with Crippen molar-refractivity contribution in [1.29, 1.82) is 0 Å². The average molecular weight is 370 g/mol. The van der Waals surface area contributed by atoms with Crippen LogP contribution in [0.1, 0.15) is 37.9 Å². The van der Waals surface area contributed by atoms with Crippen molar-refractivity contribution in [2.24, 2.45) is 0 Å². The third-order valence-corrected chi connectivity index (χ3v) is 6.05. The third kappa shape index (κ3) is 3.44. The molecule has 2 heterocycles. The molecule has 0 atom stereocenters. The van der Waals surface area contributed by atoms with E-state index in [1.807, 2.05) is 53.4 Å². The Bertz CT molecular complexity index is 819. The van der Waals surface area contributed by atoms with Crippen LogP contribution in [-0.2, 0) is 4.79 Å². The van der Waals surface area contributed by atoms with E-state index in [9.17, 15) is 4.79 Å². The zero-order chi connectivity index (χ0) is 17.2. The summed E-state index contributed by atoms with van der Waals surface area (Å²) in [6.45, 7) is 0. The number of nitrogens with zero attached hydrogens (tertiary/aromatic N) is 1. The molecule has 1 saturated carbocycles. The lowest BCUT2D eigenvalue weighted by Gasteiger charge is -2.29. The van der Waals surface area contributed by atoms with Gasteiger partial charge in [-0.1, -0.05) is 73.6 Å². The van der Waals surface area contributed by atoms with E-state index in [-0.39, 0.29) is 11.9 Å². The molecule has 0 spiro atoms. The van der Waals surface area contributed by atoms with Gasteiger partial charge in [0.1, 0.15) is 15.8 Å². The van der Waals surface area contributed by atoms with Crippen LogP contribution in [0.15, 0.2) is 51.8 Å². The molecule has 0 N–H and O–H groups in total. The standard InChI is InChI=1S/C20H19NO2S2/c22-19-18(25-20(24)21(19)15-9-5-2-6-10-15)13-16-11-12-17(23-16)14-7-3-1-4-8-14/h1,3-4,7-8,11-13,15H,2,5-6,9-10H2/b18-13+. The van der Waals surface area contributed by atoms with Crippen molar-refractivity contribution in [1.82, 2.24) is 4.90 Å². The molecule has 5 heteroatoms. The quantitative estimate of drug-likeness (QED) is 0.530. The molecule has 2 aromatic rings. The number of benzene rings is 1. The first-order valence-electron chi connectivity index (χ1n) is 8.65. The minimum Gasteiger partial charge on any atom is -0.457 e. The molecule has 128 valence electrons. The van der Waals surface area contributed by atoms with Crippen molar-refractivity contribution in [2.45, 2.75) is 38.1 Å².